The van der Waals surface area contributed by atoms with Crippen molar-refractivity contribution in [2.24, 2.45) is 0 Å². The number of hydrogen-bond donors (Lipinski definition) is 1. The van der Waals surface area contributed by atoms with Crippen LogP contribution in [0, 0.1) is 0 Å². The Hall–Kier alpha value is -0.810. The molecule has 5 heteroatoms. The summed E-state index contributed by atoms with van der Waals surface area (Å²) in [5.74, 6) is 0. The second-order valence-electron chi connectivity index (χ2n) is 7.85. The lowest BCUT2D eigenvalue weighted by molar-refractivity contribution is -0.0323. The van der Waals surface area contributed by atoms with Gasteiger partial charge < -0.3 is 14.8 Å². The fourth-order valence-electron chi connectivity index (χ4n) is 3.35. The third-order valence-corrected chi connectivity index (χ3v) is 4.60. The Morgan fingerprint density at radius 3 is 2.48 bits per heavy atom. The minimum Gasteiger partial charge on any atom is -0.444 e. The molecule has 2 aliphatic rings. The lowest BCUT2D eigenvalue weighted by Crippen LogP contribution is -2.55. The fourth-order valence-corrected chi connectivity index (χ4v) is 3.35. The number of morpholine rings is 1. The highest BCUT2D eigenvalue weighted by molar-refractivity contribution is 5.68. The maximum Gasteiger partial charge on any atom is 0.410 e. The molecule has 1 aliphatic heterocycles. The highest BCUT2D eigenvalue weighted by atomic mass is 16.6. The van der Waals surface area contributed by atoms with E-state index in [1.54, 1.807) is 0 Å². The van der Waals surface area contributed by atoms with Crippen LogP contribution in [0.15, 0.2) is 0 Å². The first kappa shape index (κ1) is 18.5. The average molecular weight is 326 g/mol. The third kappa shape index (κ3) is 6.68. The Balaban J connectivity index is 1.84. The van der Waals surface area contributed by atoms with E-state index in [1.165, 1.54) is 44.9 Å². The Morgan fingerprint density at radius 2 is 1.83 bits per heavy atom. The van der Waals surface area contributed by atoms with Crippen molar-refractivity contribution >= 4 is 6.09 Å². The molecule has 0 spiro atoms. The van der Waals surface area contributed by atoms with E-state index in [9.17, 15) is 4.79 Å². The van der Waals surface area contributed by atoms with Crippen LogP contribution in [0.1, 0.15) is 65.7 Å². The van der Waals surface area contributed by atoms with E-state index in [2.05, 4.69) is 5.32 Å². The molecule has 5 nitrogen and oxygen atoms in total. The van der Waals surface area contributed by atoms with E-state index in [-0.39, 0.29) is 12.1 Å². The van der Waals surface area contributed by atoms with Crippen LogP contribution in [0.5, 0.6) is 0 Å². The SMILES string of the molecule is CC(C)(C)OC(=O)N1CCOCC1CNC1CCCCCCC1. The second-order valence-corrected chi connectivity index (χ2v) is 7.85. The minimum atomic E-state index is -0.451. The van der Waals surface area contributed by atoms with E-state index in [4.69, 9.17) is 9.47 Å². The molecule has 23 heavy (non-hydrogen) atoms. The van der Waals surface area contributed by atoms with Crippen LogP contribution in [0.4, 0.5) is 4.79 Å². The van der Waals surface area contributed by atoms with Gasteiger partial charge in [0.1, 0.15) is 5.60 Å². The third-order valence-electron chi connectivity index (χ3n) is 4.60. The molecule has 0 aromatic rings. The number of carbonyl (C=O) groups excluding carboxylic acids is 1. The van der Waals surface area contributed by atoms with Gasteiger partial charge in [-0.1, -0.05) is 32.1 Å². The standard InChI is InChI=1S/C18H34N2O3/c1-18(2,3)23-17(21)20-11-12-22-14-16(20)13-19-15-9-7-5-4-6-8-10-15/h15-16,19H,4-14H2,1-3H3. The first-order valence-corrected chi connectivity index (χ1v) is 9.26. The second kappa shape index (κ2) is 8.88. The summed E-state index contributed by atoms with van der Waals surface area (Å²) in [4.78, 5) is 14.2. The summed E-state index contributed by atoms with van der Waals surface area (Å²) in [5.41, 5.74) is -0.451. The molecule has 1 saturated heterocycles. The van der Waals surface area contributed by atoms with Crippen LogP contribution in [0.2, 0.25) is 0 Å². The predicted molar refractivity (Wildman–Crippen MR) is 91.7 cm³/mol. The lowest BCUT2D eigenvalue weighted by atomic mass is 9.96. The van der Waals surface area contributed by atoms with Crippen molar-refractivity contribution in [1.82, 2.24) is 10.2 Å². The molecule has 1 aliphatic carbocycles. The number of rotatable bonds is 3. The van der Waals surface area contributed by atoms with Crippen molar-refractivity contribution in [3.05, 3.63) is 0 Å². The van der Waals surface area contributed by atoms with E-state index in [0.29, 0.717) is 25.8 Å². The number of carbonyl (C=O) groups is 1. The summed E-state index contributed by atoms with van der Waals surface area (Å²) in [6.07, 6.45) is 9.01. The smallest absolute Gasteiger partial charge is 0.410 e. The summed E-state index contributed by atoms with van der Waals surface area (Å²) in [7, 11) is 0. The molecule has 1 atom stereocenters. The van der Waals surface area contributed by atoms with Crippen molar-refractivity contribution in [2.75, 3.05) is 26.3 Å². The first-order valence-electron chi connectivity index (χ1n) is 9.26. The molecule has 0 aromatic carbocycles. The van der Waals surface area contributed by atoms with Crippen LogP contribution in [-0.4, -0.2) is 55.0 Å². The highest BCUT2D eigenvalue weighted by Crippen LogP contribution is 2.18. The number of ether oxygens (including phenoxy) is 2. The molecular formula is C18H34N2O3. The van der Waals surface area contributed by atoms with Crippen molar-refractivity contribution in [1.29, 1.82) is 0 Å². The maximum absolute atomic E-state index is 12.4. The molecule has 0 radical (unpaired) electrons. The van der Waals surface area contributed by atoms with E-state index in [0.717, 1.165) is 6.54 Å². The number of amides is 1. The summed E-state index contributed by atoms with van der Waals surface area (Å²) in [6, 6.07) is 0.654. The van der Waals surface area contributed by atoms with Crippen LogP contribution in [0.3, 0.4) is 0 Å². The van der Waals surface area contributed by atoms with Gasteiger partial charge in [0, 0.05) is 19.1 Å². The summed E-state index contributed by atoms with van der Waals surface area (Å²) in [6.45, 7) is 8.33. The van der Waals surface area contributed by atoms with Crippen LogP contribution in [-0.2, 0) is 9.47 Å². The Morgan fingerprint density at radius 1 is 1.17 bits per heavy atom. The molecular weight excluding hydrogens is 292 g/mol. The van der Waals surface area contributed by atoms with Gasteiger partial charge in [0.2, 0.25) is 0 Å². The monoisotopic (exact) mass is 326 g/mol. The Kier molecular flexibility index (Phi) is 7.15. The molecule has 0 bridgehead atoms. The van der Waals surface area contributed by atoms with E-state index in [1.807, 2.05) is 25.7 Å². The van der Waals surface area contributed by atoms with Gasteiger partial charge in [0.25, 0.3) is 0 Å². The van der Waals surface area contributed by atoms with Crippen molar-refractivity contribution in [3.63, 3.8) is 0 Å². The molecule has 1 saturated carbocycles. The number of nitrogens with zero attached hydrogens (tertiary/aromatic N) is 1. The van der Waals surface area contributed by atoms with Crippen LogP contribution < -0.4 is 5.32 Å². The molecule has 1 N–H and O–H groups in total. The molecule has 2 fully saturated rings. The van der Waals surface area contributed by atoms with Gasteiger partial charge in [0.15, 0.2) is 0 Å². The van der Waals surface area contributed by atoms with Gasteiger partial charge in [-0.3, -0.25) is 4.90 Å². The zero-order valence-electron chi connectivity index (χ0n) is 15.1. The molecule has 2 rings (SSSR count). The molecule has 134 valence electrons. The lowest BCUT2D eigenvalue weighted by Gasteiger charge is -2.37. The largest absolute Gasteiger partial charge is 0.444 e. The quantitative estimate of drug-likeness (QED) is 0.864. The maximum atomic E-state index is 12.4. The van der Waals surface area contributed by atoms with Gasteiger partial charge in [-0.05, 0) is 33.6 Å². The fraction of sp³-hybridized carbons (Fsp3) is 0.944. The Bertz CT molecular complexity index is 360. The van der Waals surface area contributed by atoms with E-state index >= 15 is 0 Å². The number of hydrogen-bond acceptors (Lipinski definition) is 4. The minimum absolute atomic E-state index is 0.0732. The van der Waals surface area contributed by atoms with Gasteiger partial charge in [0.05, 0.1) is 19.3 Å². The van der Waals surface area contributed by atoms with Gasteiger partial charge in [-0.2, -0.15) is 0 Å². The van der Waals surface area contributed by atoms with Crippen molar-refractivity contribution in [3.8, 4) is 0 Å². The summed E-state index contributed by atoms with van der Waals surface area (Å²) < 4.78 is 11.1. The molecule has 1 amide bonds. The summed E-state index contributed by atoms with van der Waals surface area (Å²) in [5, 5.41) is 3.68. The van der Waals surface area contributed by atoms with Crippen molar-refractivity contribution < 1.29 is 14.3 Å². The highest BCUT2D eigenvalue weighted by Gasteiger charge is 2.31. The van der Waals surface area contributed by atoms with Crippen molar-refractivity contribution in [2.45, 2.75) is 83.4 Å². The first-order chi connectivity index (χ1) is 11.0. The zero-order valence-corrected chi connectivity index (χ0v) is 15.1. The topological polar surface area (TPSA) is 50.8 Å². The van der Waals surface area contributed by atoms with Gasteiger partial charge in [-0.25, -0.2) is 4.79 Å². The average Bonchev–Trinajstić information content (AvgIpc) is 2.44. The predicted octanol–water partition coefficient (Wildman–Crippen LogP) is 3.32. The molecule has 1 unspecified atom stereocenters. The van der Waals surface area contributed by atoms with Crippen LogP contribution >= 0.6 is 0 Å². The van der Waals surface area contributed by atoms with Gasteiger partial charge >= 0.3 is 6.09 Å². The molecule has 1 heterocycles. The Labute approximate surface area is 141 Å². The van der Waals surface area contributed by atoms with E-state index < -0.39 is 5.60 Å². The zero-order chi connectivity index (χ0) is 16.7. The molecule has 0 aromatic heterocycles. The van der Waals surface area contributed by atoms with Crippen LogP contribution in [0.25, 0.3) is 0 Å². The number of nitrogens with one attached hydrogen (secondary N) is 1. The summed E-state index contributed by atoms with van der Waals surface area (Å²) >= 11 is 0. The normalized spacial score (nSPS) is 24.8. The van der Waals surface area contributed by atoms with Gasteiger partial charge in [-0.15, -0.1) is 0 Å².